The van der Waals surface area contributed by atoms with E-state index in [4.69, 9.17) is 4.74 Å². The molecular weight excluding hydrogens is 298 g/mol. The number of piperidine rings is 1. The van der Waals surface area contributed by atoms with Crippen molar-refractivity contribution in [2.24, 2.45) is 0 Å². The summed E-state index contributed by atoms with van der Waals surface area (Å²) in [6.07, 6.45) is 2.05. The molecule has 0 atom stereocenters. The van der Waals surface area contributed by atoms with Crippen molar-refractivity contribution < 1.29 is 9.53 Å². The normalized spacial score (nSPS) is 15.3. The molecule has 24 heavy (non-hydrogen) atoms. The molecule has 1 aliphatic rings. The molecule has 0 radical (unpaired) electrons. The Balaban J connectivity index is 1.50. The number of hydrogen-bond donors (Lipinski definition) is 0. The minimum atomic E-state index is 0.0847. The standard InChI is InChI=1S/C21H25NO2/c1-16-8-9-20(17(2)14-16)24-15-21(23)22-12-10-19(11-13-22)18-6-4-3-5-7-18/h3-9,14,19H,10-13,15H2,1-2H3. The molecule has 1 fully saturated rings. The SMILES string of the molecule is Cc1ccc(OCC(=O)N2CCC(c3ccccc3)CC2)c(C)c1. The van der Waals surface area contributed by atoms with E-state index >= 15 is 0 Å². The summed E-state index contributed by atoms with van der Waals surface area (Å²) in [5.74, 6) is 1.45. The Kier molecular flexibility index (Phi) is 5.19. The van der Waals surface area contributed by atoms with Gasteiger partial charge in [0.2, 0.25) is 0 Å². The van der Waals surface area contributed by atoms with E-state index in [9.17, 15) is 4.79 Å². The van der Waals surface area contributed by atoms with Crippen LogP contribution in [0.1, 0.15) is 35.4 Å². The molecule has 3 rings (SSSR count). The number of hydrogen-bond acceptors (Lipinski definition) is 2. The zero-order valence-electron chi connectivity index (χ0n) is 14.5. The molecule has 1 heterocycles. The molecule has 0 spiro atoms. The van der Waals surface area contributed by atoms with E-state index in [1.165, 1.54) is 11.1 Å². The van der Waals surface area contributed by atoms with Gasteiger partial charge in [0.25, 0.3) is 5.91 Å². The lowest BCUT2D eigenvalue weighted by Gasteiger charge is -2.32. The van der Waals surface area contributed by atoms with Gasteiger partial charge >= 0.3 is 0 Å². The van der Waals surface area contributed by atoms with Crippen molar-refractivity contribution in [3.8, 4) is 5.75 Å². The van der Waals surface area contributed by atoms with Crippen LogP contribution >= 0.6 is 0 Å². The molecule has 1 saturated heterocycles. The fourth-order valence-electron chi connectivity index (χ4n) is 3.38. The quantitative estimate of drug-likeness (QED) is 0.848. The number of carbonyl (C=O) groups is 1. The molecule has 0 aromatic heterocycles. The van der Waals surface area contributed by atoms with Crippen LogP contribution in [0, 0.1) is 13.8 Å². The van der Waals surface area contributed by atoms with Gasteiger partial charge in [-0.1, -0.05) is 48.0 Å². The van der Waals surface area contributed by atoms with Gasteiger partial charge in [0.1, 0.15) is 5.75 Å². The van der Waals surface area contributed by atoms with Crippen molar-refractivity contribution >= 4 is 5.91 Å². The molecule has 0 unspecified atom stereocenters. The van der Waals surface area contributed by atoms with E-state index in [0.717, 1.165) is 37.2 Å². The molecule has 2 aromatic rings. The summed E-state index contributed by atoms with van der Waals surface area (Å²) in [6, 6.07) is 16.6. The lowest BCUT2D eigenvalue weighted by molar-refractivity contribution is -0.134. The van der Waals surface area contributed by atoms with Crippen LogP contribution in [0.25, 0.3) is 0 Å². The van der Waals surface area contributed by atoms with Crippen LogP contribution in [-0.2, 0) is 4.79 Å². The Morgan fingerprint density at radius 1 is 1.08 bits per heavy atom. The molecule has 1 aliphatic heterocycles. The molecular formula is C21H25NO2. The van der Waals surface area contributed by atoms with Gasteiger partial charge in [-0.25, -0.2) is 0 Å². The van der Waals surface area contributed by atoms with Gasteiger partial charge in [-0.2, -0.15) is 0 Å². The van der Waals surface area contributed by atoms with Gasteiger partial charge in [0.05, 0.1) is 0 Å². The number of ether oxygens (including phenoxy) is 1. The van der Waals surface area contributed by atoms with Crippen molar-refractivity contribution in [1.29, 1.82) is 0 Å². The number of aryl methyl sites for hydroxylation is 2. The monoisotopic (exact) mass is 323 g/mol. The average molecular weight is 323 g/mol. The van der Waals surface area contributed by atoms with Gasteiger partial charge in [0, 0.05) is 13.1 Å². The fourth-order valence-corrected chi connectivity index (χ4v) is 3.38. The predicted octanol–water partition coefficient (Wildman–Crippen LogP) is 4.09. The van der Waals surface area contributed by atoms with Crippen molar-refractivity contribution in [3.63, 3.8) is 0 Å². The Morgan fingerprint density at radius 3 is 2.46 bits per heavy atom. The molecule has 0 N–H and O–H groups in total. The Hall–Kier alpha value is -2.29. The molecule has 3 heteroatoms. The minimum absolute atomic E-state index is 0.0847. The van der Waals surface area contributed by atoms with Crippen LogP contribution in [0.15, 0.2) is 48.5 Å². The highest BCUT2D eigenvalue weighted by molar-refractivity contribution is 5.78. The summed E-state index contributed by atoms with van der Waals surface area (Å²) in [6.45, 7) is 5.82. The Labute approximate surface area is 144 Å². The van der Waals surface area contributed by atoms with E-state index in [1.54, 1.807) is 0 Å². The van der Waals surface area contributed by atoms with Crippen LogP contribution in [0.2, 0.25) is 0 Å². The summed E-state index contributed by atoms with van der Waals surface area (Å²) in [5.41, 5.74) is 3.66. The van der Waals surface area contributed by atoms with Gasteiger partial charge in [-0.05, 0) is 49.8 Å². The Bertz CT molecular complexity index is 688. The average Bonchev–Trinajstić information content (AvgIpc) is 2.62. The van der Waals surface area contributed by atoms with E-state index in [2.05, 4.69) is 37.3 Å². The maximum atomic E-state index is 12.4. The highest BCUT2D eigenvalue weighted by Gasteiger charge is 2.23. The second-order valence-corrected chi connectivity index (χ2v) is 6.62. The largest absolute Gasteiger partial charge is 0.484 e. The zero-order valence-corrected chi connectivity index (χ0v) is 14.5. The van der Waals surface area contributed by atoms with E-state index in [1.807, 2.05) is 30.0 Å². The third-order valence-corrected chi connectivity index (χ3v) is 4.80. The molecule has 1 amide bonds. The third-order valence-electron chi connectivity index (χ3n) is 4.80. The first kappa shape index (κ1) is 16.6. The number of rotatable bonds is 4. The van der Waals surface area contributed by atoms with Crippen molar-refractivity contribution in [1.82, 2.24) is 4.90 Å². The number of benzene rings is 2. The summed E-state index contributed by atoms with van der Waals surface area (Å²) in [5, 5.41) is 0. The second-order valence-electron chi connectivity index (χ2n) is 6.62. The second kappa shape index (κ2) is 7.52. The maximum absolute atomic E-state index is 12.4. The van der Waals surface area contributed by atoms with Crippen molar-refractivity contribution in [3.05, 3.63) is 65.2 Å². The van der Waals surface area contributed by atoms with Crippen molar-refractivity contribution in [2.45, 2.75) is 32.6 Å². The van der Waals surface area contributed by atoms with E-state index in [0.29, 0.717) is 5.92 Å². The predicted molar refractivity (Wildman–Crippen MR) is 96.4 cm³/mol. The van der Waals surface area contributed by atoms with E-state index < -0.39 is 0 Å². The van der Waals surface area contributed by atoms with Gasteiger partial charge in [-0.15, -0.1) is 0 Å². The fraction of sp³-hybridized carbons (Fsp3) is 0.381. The molecule has 126 valence electrons. The first-order chi connectivity index (χ1) is 11.6. The van der Waals surface area contributed by atoms with Crippen LogP contribution in [0.3, 0.4) is 0 Å². The third kappa shape index (κ3) is 3.97. The molecule has 2 aromatic carbocycles. The van der Waals surface area contributed by atoms with Crippen LogP contribution < -0.4 is 4.74 Å². The minimum Gasteiger partial charge on any atom is -0.484 e. The van der Waals surface area contributed by atoms with Crippen LogP contribution in [-0.4, -0.2) is 30.5 Å². The number of carbonyl (C=O) groups excluding carboxylic acids is 1. The van der Waals surface area contributed by atoms with E-state index in [-0.39, 0.29) is 12.5 Å². The number of likely N-dealkylation sites (tertiary alicyclic amines) is 1. The molecule has 0 aliphatic carbocycles. The lowest BCUT2D eigenvalue weighted by Crippen LogP contribution is -2.40. The summed E-state index contributed by atoms with van der Waals surface area (Å²) < 4.78 is 5.73. The summed E-state index contributed by atoms with van der Waals surface area (Å²) in [7, 11) is 0. The first-order valence-electron chi connectivity index (χ1n) is 8.66. The summed E-state index contributed by atoms with van der Waals surface area (Å²) >= 11 is 0. The van der Waals surface area contributed by atoms with Gasteiger partial charge in [0.15, 0.2) is 6.61 Å². The smallest absolute Gasteiger partial charge is 0.260 e. The molecule has 0 bridgehead atoms. The zero-order chi connectivity index (χ0) is 16.9. The highest BCUT2D eigenvalue weighted by atomic mass is 16.5. The lowest BCUT2D eigenvalue weighted by atomic mass is 9.89. The topological polar surface area (TPSA) is 29.5 Å². The Morgan fingerprint density at radius 2 is 1.79 bits per heavy atom. The molecule has 0 saturated carbocycles. The highest BCUT2D eigenvalue weighted by Crippen LogP contribution is 2.28. The van der Waals surface area contributed by atoms with Gasteiger partial charge in [-0.3, -0.25) is 4.79 Å². The van der Waals surface area contributed by atoms with Crippen LogP contribution in [0.4, 0.5) is 0 Å². The first-order valence-corrected chi connectivity index (χ1v) is 8.66. The number of nitrogens with zero attached hydrogens (tertiary/aromatic N) is 1. The number of amides is 1. The van der Waals surface area contributed by atoms with Crippen LogP contribution in [0.5, 0.6) is 5.75 Å². The van der Waals surface area contributed by atoms with Crippen molar-refractivity contribution in [2.75, 3.05) is 19.7 Å². The maximum Gasteiger partial charge on any atom is 0.260 e. The molecule has 3 nitrogen and oxygen atoms in total. The summed E-state index contributed by atoms with van der Waals surface area (Å²) in [4.78, 5) is 14.3. The van der Waals surface area contributed by atoms with Gasteiger partial charge < -0.3 is 9.64 Å².